The first-order chi connectivity index (χ1) is 7.59. The Labute approximate surface area is 95.9 Å². The van der Waals surface area contributed by atoms with Gasteiger partial charge in [-0.1, -0.05) is 32.0 Å². The summed E-state index contributed by atoms with van der Waals surface area (Å²) < 4.78 is 2.18. The molecule has 0 unspecified atom stereocenters. The van der Waals surface area contributed by atoms with E-state index in [1.807, 2.05) is 24.4 Å². The van der Waals surface area contributed by atoms with Gasteiger partial charge >= 0.3 is 0 Å². The fourth-order valence-corrected chi connectivity index (χ4v) is 2.07. The molecule has 84 valence electrons. The molecule has 0 saturated heterocycles. The normalized spacial score (nSPS) is 11.2. The van der Waals surface area contributed by atoms with Crippen molar-refractivity contribution in [3.05, 3.63) is 36.0 Å². The largest absolute Gasteiger partial charge is 0.346 e. The maximum atomic E-state index is 11.5. The van der Waals surface area contributed by atoms with Crippen LogP contribution in [0.5, 0.6) is 0 Å². The third-order valence-corrected chi connectivity index (χ3v) is 2.73. The number of rotatable bonds is 3. The molecule has 2 aromatic rings. The number of nitrogens with zero attached hydrogens (tertiary/aromatic N) is 1. The van der Waals surface area contributed by atoms with Crippen LogP contribution in [0.2, 0.25) is 0 Å². The smallest absolute Gasteiger partial charge is 0.161 e. The Morgan fingerprint density at radius 1 is 1.31 bits per heavy atom. The highest BCUT2D eigenvalue weighted by atomic mass is 16.1. The Hall–Kier alpha value is -1.57. The van der Waals surface area contributed by atoms with E-state index in [1.165, 1.54) is 0 Å². The minimum atomic E-state index is 0.138. The molecule has 0 radical (unpaired) electrons. The van der Waals surface area contributed by atoms with Gasteiger partial charge in [-0.2, -0.15) is 0 Å². The Kier molecular flexibility index (Phi) is 2.82. The van der Waals surface area contributed by atoms with Gasteiger partial charge in [-0.15, -0.1) is 0 Å². The van der Waals surface area contributed by atoms with Crippen LogP contribution in [0, 0.1) is 5.92 Å². The zero-order chi connectivity index (χ0) is 11.7. The number of fused-ring (bicyclic) bond motifs is 1. The van der Waals surface area contributed by atoms with Crippen molar-refractivity contribution in [1.82, 2.24) is 4.57 Å². The summed E-state index contributed by atoms with van der Waals surface area (Å²) in [6.45, 7) is 6.94. The lowest BCUT2D eigenvalue weighted by atomic mass is 10.1. The number of para-hydroxylation sites is 1. The average molecular weight is 215 g/mol. The highest BCUT2D eigenvalue weighted by Gasteiger charge is 2.11. The zero-order valence-electron chi connectivity index (χ0n) is 10.0. The first-order valence-electron chi connectivity index (χ1n) is 5.68. The van der Waals surface area contributed by atoms with E-state index in [1.54, 1.807) is 6.92 Å². The van der Waals surface area contributed by atoms with Gasteiger partial charge in [0.1, 0.15) is 0 Å². The number of benzene rings is 1. The fourth-order valence-electron chi connectivity index (χ4n) is 2.07. The predicted molar refractivity (Wildman–Crippen MR) is 66.8 cm³/mol. The zero-order valence-corrected chi connectivity index (χ0v) is 10.0. The molecule has 0 fully saturated rings. The molecular weight excluding hydrogens is 198 g/mol. The molecule has 0 N–H and O–H groups in total. The molecule has 2 rings (SSSR count). The van der Waals surface area contributed by atoms with Crippen molar-refractivity contribution in [3.63, 3.8) is 0 Å². The highest BCUT2D eigenvalue weighted by Crippen LogP contribution is 2.22. The molecule has 0 aliphatic rings. The summed E-state index contributed by atoms with van der Waals surface area (Å²) in [6, 6.07) is 8.09. The standard InChI is InChI=1S/C14H17NO/c1-10(2)8-15-9-13(11(3)16)12-6-4-5-7-14(12)15/h4-7,9-10H,8H2,1-3H3. The number of carbonyl (C=O) groups excluding carboxylic acids is 1. The summed E-state index contributed by atoms with van der Waals surface area (Å²) in [5.41, 5.74) is 1.98. The topological polar surface area (TPSA) is 22.0 Å². The van der Waals surface area contributed by atoms with Crippen LogP contribution in [0.3, 0.4) is 0 Å². The average Bonchev–Trinajstić information content (AvgIpc) is 2.57. The predicted octanol–water partition coefficient (Wildman–Crippen LogP) is 3.50. The van der Waals surface area contributed by atoms with E-state index in [2.05, 4.69) is 24.5 Å². The van der Waals surface area contributed by atoms with Crippen molar-refractivity contribution >= 4 is 16.7 Å². The van der Waals surface area contributed by atoms with E-state index in [4.69, 9.17) is 0 Å². The number of Topliss-reactive ketones (excluding diaryl/α,β-unsaturated/α-hetero) is 1. The molecular formula is C14H17NO. The van der Waals surface area contributed by atoms with Crippen molar-refractivity contribution in [2.45, 2.75) is 27.3 Å². The summed E-state index contributed by atoms with van der Waals surface area (Å²) >= 11 is 0. The third kappa shape index (κ3) is 1.87. The molecule has 1 aromatic carbocycles. The van der Waals surface area contributed by atoms with E-state index >= 15 is 0 Å². The van der Waals surface area contributed by atoms with Gasteiger partial charge in [-0.05, 0) is 18.9 Å². The molecule has 0 spiro atoms. The van der Waals surface area contributed by atoms with E-state index in [9.17, 15) is 4.79 Å². The Balaban J connectivity index is 2.62. The van der Waals surface area contributed by atoms with Crippen molar-refractivity contribution in [2.75, 3.05) is 0 Å². The fraction of sp³-hybridized carbons (Fsp3) is 0.357. The molecule has 0 amide bonds. The van der Waals surface area contributed by atoms with Gasteiger partial charge in [0.05, 0.1) is 0 Å². The van der Waals surface area contributed by atoms with Gasteiger partial charge in [0.15, 0.2) is 5.78 Å². The summed E-state index contributed by atoms with van der Waals surface area (Å²) in [7, 11) is 0. The lowest BCUT2D eigenvalue weighted by Crippen LogP contribution is -2.02. The Morgan fingerprint density at radius 3 is 2.62 bits per heavy atom. The minimum absolute atomic E-state index is 0.138. The van der Waals surface area contributed by atoms with Gasteiger partial charge in [0, 0.05) is 29.2 Å². The molecule has 0 aliphatic heterocycles. The number of hydrogen-bond acceptors (Lipinski definition) is 1. The molecule has 0 atom stereocenters. The second-order valence-electron chi connectivity index (χ2n) is 4.66. The maximum Gasteiger partial charge on any atom is 0.161 e. The van der Waals surface area contributed by atoms with Crippen LogP contribution >= 0.6 is 0 Å². The molecule has 0 aliphatic carbocycles. The Morgan fingerprint density at radius 2 is 2.00 bits per heavy atom. The Bertz CT molecular complexity index is 523. The second-order valence-corrected chi connectivity index (χ2v) is 4.66. The number of ketones is 1. The van der Waals surface area contributed by atoms with Crippen molar-refractivity contribution in [1.29, 1.82) is 0 Å². The highest BCUT2D eigenvalue weighted by molar-refractivity contribution is 6.06. The van der Waals surface area contributed by atoms with Gasteiger partial charge in [0.2, 0.25) is 0 Å². The SMILES string of the molecule is CC(=O)c1cn(CC(C)C)c2ccccc12. The molecule has 2 nitrogen and oxygen atoms in total. The molecule has 0 saturated carbocycles. The summed E-state index contributed by atoms with van der Waals surface area (Å²) in [4.78, 5) is 11.5. The van der Waals surface area contributed by atoms with Gasteiger partial charge in [0.25, 0.3) is 0 Å². The summed E-state index contributed by atoms with van der Waals surface area (Å²) in [5, 5.41) is 1.07. The number of aromatic nitrogens is 1. The number of hydrogen-bond donors (Lipinski definition) is 0. The van der Waals surface area contributed by atoms with Crippen LogP contribution in [0.25, 0.3) is 10.9 Å². The van der Waals surface area contributed by atoms with Gasteiger partial charge < -0.3 is 4.57 Å². The maximum absolute atomic E-state index is 11.5. The first-order valence-corrected chi connectivity index (χ1v) is 5.68. The van der Waals surface area contributed by atoms with Crippen LogP contribution in [0.15, 0.2) is 30.5 Å². The number of carbonyl (C=O) groups is 1. The lowest BCUT2D eigenvalue weighted by Gasteiger charge is -2.07. The van der Waals surface area contributed by atoms with Crippen molar-refractivity contribution in [2.24, 2.45) is 5.92 Å². The van der Waals surface area contributed by atoms with Crippen LogP contribution in [-0.2, 0) is 6.54 Å². The van der Waals surface area contributed by atoms with Gasteiger partial charge in [-0.3, -0.25) is 4.79 Å². The monoisotopic (exact) mass is 215 g/mol. The van der Waals surface area contributed by atoms with E-state index in [0.29, 0.717) is 5.92 Å². The van der Waals surface area contributed by atoms with E-state index < -0.39 is 0 Å². The van der Waals surface area contributed by atoms with Crippen LogP contribution < -0.4 is 0 Å². The quantitative estimate of drug-likeness (QED) is 0.718. The molecule has 1 aromatic heterocycles. The van der Waals surface area contributed by atoms with Gasteiger partial charge in [-0.25, -0.2) is 0 Å². The summed E-state index contributed by atoms with van der Waals surface area (Å²) in [5.74, 6) is 0.717. The van der Waals surface area contributed by atoms with Crippen LogP contribution in [-0.4, -0.2) is 10.4 Å². The minimum Gasteiger partial charge on any atom is -0.346 e. The molecule has 0 bridgehead atoms. The first kappa shape index (κ1) is 10.9. The summed E-state index contributed by atoms with van der Waals surface area (Å²) in [6.07, 6.45) is 1.98. The van der Waals surface area contributed by atoms with E-state index in [-0.39, 0.29) is 5.78 Å². The van der Waals surface area contributed by atoms with Crippen molar-refractivity contribution < 1.29 is 4.79 Å². The van der Waals surface area contributed by atoms with Crippen molar-refractivity contribution in [3.8, 4) is 0 Å². The second kappa shape index (κ2) is 4.12. The molecule has 1 heterocycles. The molecule has 16 heavy (non-hydrogen) atoms. The lowest BCUT2D eigenvalue weighted by molar-refractivity contribution is 0.101. The van der Waals surface area contributed by atoms with Crippen LogP contribution in [0.1, 0.15) is 31.1 Å². The third-order valence-electron chi connectivity index (χ3n) is 2.73. The molecule has 2 heteroatoms. The van der Waals surface area contributed by atoms with Crippen LogP contribution in [0.4, 0.5) is 0 Å². The van der Waals surface area contributed by atoms with E-state index in [0.717, 1.165) is 23.0 Å².